The van der Waals surface area contributed by atoms with Gasteiger partial charge >= 0.3 is 0 Å². The molecule has 3 heteroatoms. The predicted octanol–water partition coefficient (Wildman–Crippen LogP) is 3.30. The van der Waals surface area contributed by atoms with E-state index in [4.69, 9.17) is 16.1 Å². The van der Waals surface area contributed by atoms with Gasteiger partial charge in [0.05, 0.1) is 5.69 Å². The van der Waals surface area contributed by atoms with E-state index in [1.807, 2.05) is 37.3 Å². The van der Waals surface area contributed by atoms with Gasteiger partial charge in [0.1, 0.15) is 0 Å². The van der Waals surface area contributed by atoms with Gasteiger partial charge in [-0.1, -0.05) is 16.8 Å². The molecule has 1 aromatic heterocycles. The lowest BCUT2D eigenvalue weighted by molar-refractivity contribution is 0.427. The van der Waals surface area contributed by atoms with Crippen molar-refractivity contribution < 1.29 is 4.52 Å². The van der Waals surface area contributed by atoms with Crippen LogP contribution in [0.3, 0.4) is 0 Å². The first-order valence-corrected chi connectivity index (χ1v) is 4.33. The van der Waals surface area contributed by atoms with Crippen molar-refractivity contribution in [2.75, 3.05) is 0 Å². The second-order valence-electron chi connectivity index (χ2n) is 2.84. The van der Waals surface area contributed by atoms with Gasteiger partial charge in [-0.15, -0.1) is 0 Å². The van der Waals surface area contributed by atoms with Crippen LogP contribution in [0.15, 0.2) is 34.9 Å². The molecule has 2 nitrogen and oxygen atoms in total. The van der Waals surface area contributed by atoms with Crippen LogP contribution in [0.1, 0.15) is 5.69 Å². The Morgan fingerprint density at radius 3 is 2.46 bits per heavy atom. The van der Waals surface area contributed by atoms with E-state index < -0.39 is 0 Å². The van der Waals surface area contributed by atoms with Crippen LogP contribution >= 0.6 is 11.6 Å². The Morgan fingerprint density at radius 2 is 1.92 bits per heavy atom. The van der Waals surface area contributed by atoms with Crippen molar-refractivity contribution in [2.45, 2.75) is 6.92 Å². The quantitative estimate of drug-likeness (QED) is 0.695. The number of aryl methyl sites for hydroxylation is 1. The Kier molecular flexibility index (Phi) is 2.07. The molecule has 1 aromatic carbocycles. The Hall–Kier alpha value is -1.28. The average Bonchev–Trinajstić information content (AvgIpc) is 2.53. The minimum atomic E-state index is 0.722. The number of nitrogens with zero attached hydrogens (tertiary/aromatic N) is 1. The van der Waals surface area contributed by atoms with Crippen LogP contribution in [0, 0.1) is 6.92 Å². The van der Waals surface area contributed by atoms with Crippen LogP contribution in [0.4, 0.5) is 0 Å². The molecule has 0 atom stereocenters. The van der Waals surface area contributed by atoms with Crippen LogP contribution in [-0.2, 0) is 0 Å². The maximum atomic E-state index is 5.76. The summed E-state index contributed by atoms with van der Waals surface area (Å²) in [7, 11) is 0. The SMILES string of the molecule is Cc1cc(-c2ccc(Cl)cc2)on1. The zero-order valence-electron chi connectivity index (χ0n) is 7.12. The van der Waals surface area contributed by atoms with E-state index in [9.17, 15) is 0 Å². The van der Waals surface area contributed by atoms with Crippen molar-refractivity contribution in [3.8, 4) is 11.3 Å². The molecule has 0 aliphatic heterocycles. The molecule has 66 valence electrons. The fourth-order valence-electron chi connectivity index (χ4n) is 1.11. The minimum absolute atomic E-state index is 0.722. The summed E-state index contributed by atoms with van der Waals surface area (Å²) in [6, 6.07) is 9.36. The molecule has 0 aliphatic rings. The monoisotopic (exact) mass is 193 g/mol. The number of rotatable bonds is 1. The number of aromatic nitrogens is 1. The minimum Gasteiger partial charge on any atom is -0.356 e. The van der Waals surface area contributed by atoms with E-state index >= 15 is 0 Å². The lowest BCUT2D eigenvalue weighted by Gasteiger charge is -1.93. The highest BCUT2D eigenvalue weighted by molar-refractivity contribution is 6.30. The first-order valence-electron chi connectivity index (χ1n) is 3.95. The molecular formula is C10H8ClNO. The van der Waals surface area contributed by atoms with Gasteiger partial charge in [-0.25, -0.2) is 0 Å². The van der Waals surface area contributed by atoms with Crippen molar-refractivity contribution in [2.24, 2.45) is 0 Å². The second kappa shape index (κ2) is 3.23. The first-order chi connectivity index (χ1) is 6.25. The third-order valence-electron chi connectivity index (χ3n) is 1.76. The molecule has 0 unspecified atom stereocenters. The van der Waals surface area contributed by atoms with Crippen LogP contribution in [0.5, 0.6) is 0 Å². The fraction of sp³-hybridized carbons (Fsp3) is 0.100. The highest BCUT2D eigenvalue weighted by Gasteiger charge is 2.02. The van der Waals surface area contributed by atoms with Gasteiger partial charge in [-0.3, -0.25) is 0 Å². The number of halogens is 1. The summed E-state index contributed by atoms with van der Waals surface area (Å²) in [6.07, 6.45) is 0. The van der Waals surface area contributed by atoms with Gasteiger partial charge in [-0.05, 0) is 31.2 Å². The topological polar surface area (TPSA) is 26.0 Å². The van der Waals surface area contributed by atoms with Crippen LogP contribution in [0.25, 0.3) is 11.3 Å². The summed E-state index contributed by atoms with van der Waals surface area (Å²) >= 11 is 5.76. The van der Waals surface area contributed by atoms with Gasteiger partial charge in [0.2, 0.25) is 0 Å². The predicted molar refractivity (Wildman–Crippen MR) is 51.7 cm³/mol. The van der Waals surface area contributed by atoms with Gasteiger partial charge < -0.3 is 4.52 Å². The molecule has 0 spiro atoms. The van der Waals surface area contributed by atoms with E-state index in [-0.39, 0.29) is 0 Å². The summed E-state index contributed by atoms with van der Waals surface area (Å²) in [5.41, 5.74) is 1.87. The number of benzene rings is 1. The molecule has 0 saturated heterocycles. The van der Waals surface area contributed by atoms with E-state index in [0.717, 1.165) is 22.0 Å². The molecule has 0 radical (unpaired) electrons. The smallest absolute Gasteiger partial charge is 0.167 e. The van der Waals surface area contributed by atoms with Gasteiger partial charge in [-0.2, -0.15) is 0 Å². The summed E-state index contributed by atoms with van der Waals surface area (Å²) in [4.78, 5) is 0. The summed E-state index contributed by atoms with van der Waals surface area (Å²) in [6.45, 7) is 1.89. The van der Waals surface area contributed by atoms with Crippen molar-refractivity contribution in [1.29, 1.82) is 0 Å². The zero-order chi connectivity index (χ0) is 9.26. The highest BCUT2D eigenvalue weighted by Crippen LogP contribution is 2.21. The zero-order valence-corrected chi connectivity index (χ0v) is 7.88. The van der Waals surface area contributed by atoms with E-state index in [1.165, 1.54) is 0 Å². The standard InChI is InChI=1S/C10H8ClNO/c1-7-6-10(13-12-7)8-2-4-9(11)5-3-8/h2-6H,1H3. The highest BCUT2D eigenvalue weighted by atomic mass is 35.5. The third kappa shape index (κ3) is 1.73. The molecule has 0 saturated carbocycles. The summed E-state index contributed by atoms with van der Waals surface area (Å²) < 4.78 is 5.10. The molecule has 0 aliphatic carbocycles. The maximum absolute atomic E-state index is 5.76. The average molecular weight is 194 g/mol. The Labute approximate surface area is 81.1 Å². The second-order valence-corrected chi connectivity index (χ2v) is 3.28. The first kappa shape index (κ1) is 8.32. The van der Waals surface area contributed by atoms with Crippen molar-refractivity contribution >= 4 is 11.6 Å². The van der Waals surface area contributed by atoms with Gasteiger partial charge in [0, 0.05) is 16.7 Å². The normalized spacial score (nSPS) is 10.3. The number of hydrogen-bond donors (Lipinski definition) is 0. The van der Waals surface area contributed by atoms with Crippen LogP contribution in [0.2, 0.25) is 5.02 Å². The largest absolute Gasteiger partial charge is 0.356 e. The Morgan fingerprint density at radius 1 is 1.23 bits per heavy atom. The Bertz CT molecular complexity index is 405. The molecule has 13 heavy (non-hydrogen) atoms. The van der Waals surface area contributed by atoms with Crippen molar-refractivity contribution in [3.63, 3.8) is 0 Å². The molecule has 0 amide bonds. The summed E-state index contributed by atoms with van der Waals surface area (Å²) in [5, 5.41) is 4.53. The van der Waals surface area contributed by atoms with E-state index in [1.54, 1.807) is 0 Å². The van der Waals surface area contributed by atoms with Crippen molar-refractivity contribution in [3.05, 3.63) is 41.0 Å². The lowest BCUT2D eigenvalue weighted by atomic mass is 10.2. The number of hydrogen-bond acceptors (Lipinski definition) is 2. The van der Waals surface area contributed by atoms with Gasteiger partial charge in [0.15, 0.2) is 5.76 Å². The fourth-order valence-corrected chi connectivity index (χ4v) is 1.24. The molecule has 0 fully saturated rings. The maximum Gasteiger partial charge on any atom is 0.167 e. The third-order valence-corrected chi connectivity index (χ3v) is 2.01. The molecule has 2 rings (SSSR count). The molecular weight excluding hydrogens is 186 g/mol. The lowest BCUT2D eigenvalue weighted by Crippen LogP contribution is -1.71. The van der Waals surface area contributed by atoms with Gasteiger partial charge in [0.25, 0.3) is 0 Å². The molecule has 1 heterocycles. The molecule has 0 N–H and O–H groups in total. The van der Waals surface area contributed by atoms with Crippen LogP contribution in [-0.4, -0.2) is 5.16 Å². The Balaban J connectivity index is 2.41. The van der Waals surface area contributed by atoms with Crippen molar-refractivity contribution in [1.82, 2.24) is 5.16 Å². The summed E-state index contributed by atoms with van der Waals surface area (Å²) in [5.74, 6) is 0.772. The molecule has 0 bridgehead atoms. The van der Waals surface area contributed by atoms with E-state index in [0.29, 0.717) is 0 Å². The van der Waals surface area contributed by atoms with Crippen LogP contribution < -0.4 is 0 Å². The van der Waals surface area contributed by atoms with E-state index in [2.05, 4.69) is 5.16 Å². The molecule has 2 aromatic rings.